The normalized spacial score (nSPS) is 9.78. The van der Waals surface area contributed by atoms with Gasteiger partial charge in [-0.05, 0) is 30.3 Å². The van der Waals surface area contributed by atoms with Gasteiger partial charge in [-0.15, -0.1) is 0 Å². The van der Waals surface area contributed by atoms with Crippen LogP contribution in [0.2, 0.25) is 10.2 Å². The topological polar surface area (TPSA) is 92.1 Å². The van der Waals surface area contributed by atoms with Crippen LogP contribution in [-0.2, 0) is 9.53 Å². The number of carbonyl (C=O) groups excluding carboxylic acids is 2. The molecular formula is C15H9Cl2N3O3. The molecule has 2 rings (SSSR count). The number of halogens is 2. The highest BCUT2D eigenvalue weighted by atomic mass is 35.5. The molecule has 0 aliphatic rings. The van der Waals surface area contributed by atoms with E-state index in [9.17, 15) is 9.59 Å². The molecule has 0 bridgehead atoms. The minimum absolute atomic E-state index is 0.184. The molecule has 0 radical (unpaired) electrons. The summed E-state index contributed by atoms with van der Waals surface area (Å²) in [4.78, 5) is 27.2. The molecule has 1 N–H and O–H groups in total. The van der Waals surface area contributed by atoms with Crippen LogP contribution in [0.5, 0.6) is 0 Å². The molecule has 0 fully saturated rings. The van der Waals surface area contributed by atoms with Crippen molar-refractivity contribution < 1.29 is 14.3 Å². The van der Waals surface area contributed by atoms with Crippen LogP contribution in [0.4, 0.5) is 5.69 Å². The number of hydrogen-bond donors (Lipinski definition) is 1. The van der Waals surface area contributed by atoms with E-state index in [0.29, 0.717) is 11.3 Å². The first-order chi connectivity index (χ1) is 11.0. The van der Waals surface area contributed by atoms with Crippen molar-refractivity contribution in [1.29, 1.82) is 5.26 Å². The van der Waals surface area contributed by atoms with E-state index in [1.165, 1.54) is 36.5 Å². The Morgan fingerprint density at radius 2 is 2.04 bits per heavy atom. The van der Waals surface area contributed by atoms with E-state index in [1.54, 1.807) is 0 Å². The first-order valence-corrected chi connectivity index (χ1v) is 7.03. The first-order valence-electron chi connectivity index (χ1n) is 6.28. The fourth-order valence-electron chi connectivity index (χ4n) is 1.59. The van der Waals surface area contributed by atoms with Gasteiger partial charge in [0.1, 0.15) is 11.2 Å². The summed E-state index contributed by atoms with van der Waals surface area (Å²) in [7, 11) is 0. The summed E-state index contributed by atoms with van der Waals surface area (Å²) in [5.74, 6) is -1.23. The Labute approximate surface area is 141 Å². The lowest BCUT2D eigenvalue weighted by Crippen LogP contribution is -2.21. The van der Waals surface area contributed by atoms with Crippen molar-refractivity contribution in [3.63, 3.8) is 0 Å². The maximum Gasteiger partial charge on any atom is 0.340 e. The summed E-state index contributed by atoms with van der Waals surface area (Å²) < 4.78 is 4.86. The van der Waals surface area contributed by atoms with Gasteiger partial charge in [0.2, 0.25) is 0 Å². The van der Waals surface area contributed by atoms with Gasteiger partial charge in [0.05, 0.1) is 16.1 Å². The van der Waals surface area contributed by atoms with E-state index in [2.05, 4.69) is 10.3 Å². The molecule has 1 aromatic carbocycles. The number of nitriles is 1. The number of rotatable bonds is 4. The molecule has 0 unspecified atom stereocenters. The number of esters is 1. The molecule has 1 heterocycles. The summed E-state index contributed by atoms with van der Waals surface area (Å²) in [5.41, 5.74) is 0.873. The molecule has 23 heavy (non-hydrogen) atoms. The van der Waals surface area contributed by atoms with E-state index in [4.69, 9.17) is 33.2 Å². The van der Waals surface area contributed by atoms with E-state index in [0.717, 1.165) is 0 Å². The number of benzene rings is 1. The number of pyridine rings is 1. The molecule has 1 amide bonds. The molecule has 0 atom stereocenters. The summed E-state index contributed by atoms with van der Waals surface area (Å²) >= 11 is 11.5. The third-order valence-electron chi connectivity index (χ3n) is 2.67. The Hall–Kier alpha value is -2.62. The number of hydrogen-bond acceptors (Lipinski definition) is 5. The predicted octanol–water partition coefficient (Wildman–Crippen LogP) is 3.06. The first kappa shape index (κ1) is 16.7. The number of amides is 1. The van der Waals surface area contributed by atoms with Crippen molar-refractivity contribution in [2.75, 3.05) is 11.9 Å². The average molecular weight is 350 g/mol. The van der Waals surface area contributed by atoms with Gasteiger partial charge >= 0.3 is 5.97 Å². The molecule has 0 spiro atoms. The fourth-order valence-corrected chi connectivity index (χ4v) is 1.93. The zero-order valence-corrected chi connectivity index (χ0v) is 13.1. The second kappa shape index (κ2) is 7.58. The Morgan fingerprint density at radius 3 is 2.65 bits per heavy atom. The Kier molecular flexibility index (Phi) is 5.52. The SMILES string of the molecule is N#Cc1ccc(NC(=O)COC(=O)c2ccc(Cl)nc2)cc1Cl. The minimum atomic E-state index is -0.692. The molecule has 0 aliphatic heterocycles. The zero-order valence-electron chi connectivity index (χ0n) is 11.5. The lowest BCUT2D eigenvalue weighted by atomic mass is 10.2. The number of ether oxygens (including phenoxy) is 1. The highest BCUT2D eigenvalue weighted by Gasteiger charge is 2.11. The van der Waals surface area contributed by atoms with Crippen molar-refractivity contribution in [3.05, 3.63) is 57.8 Å². The van der Waals surface area contributed by atoms with Crippen molar-refractivity contribution in [1.82, 2.24) is 4.98 Å². The molecule has 116 valence electrons. The van der Waals surface area contributed by atoms with Crippen molar-refractivity contribution >= 4 is 40.8 Å². The summed E-state index contributed by atoms with van der Waals surface area (Å²) in [5, 5.41) is 11.7. The summed E-state index contributed by atoms with van der Waals surface area (Å²) in [6, 6.07) is 9.22. The maximum atomic E-state index is 11.7. The monoisotopic (exact) mass is 349 g/mol. The molecular weight excluding hydrogens is 341 g/mol. The highest BCUT2D eigenvalue weighted by molar-refractivity contribution is 6.32. The van der Waals surface area contributed by atoms with Gasteiger partial charge in [0, 0.05) is 11.9 Å². The second-order valence-corrected chi connectivity index (χ2v) is 5.09. The Morgan fingerprint density at radius 1 is 1.26 bits per heavy atom. The Bertz CT molecular complexity index is 786. The lowest BCUT2D eigenvalue weighted by molar-refractivity contribution is -0.119. The fraction of sp³-hybridized carbons (Fsp3) is 0.0667. The largest absolute Gasteiger partial charge is 0.452 e. The lowest BCUT2D eigenvalue weighted by Gasteiger charge is -2.07. The maximum absolute atomic E-state index is 11.7. The van der Waals surface area contributed by atoms with Gasteiger partial charge in [-0.1, -0.05) is 23.2 Å². The number of nitrogens with one attached hydrogen (secondary N) is 1. The van der Waals surface area contributed by atoms with E-state index in [-0.39, 0.29) is 15.7 Å². The quantitative estimate of drug-likeness (QED) is 0.676. The van der Waals surface area contributed by atoms with E-state index < -0.39 is 18.5 Å². The molecule has 2 aromatic rings. The summed E-state index contributed by atoms with van der Waals surface area (Å²) in [6.45, 7) is -0.473. The van der Waals surface area contributed by atoms with Gasteiger partial charge in [-0.25, -0.2) is 9.78 Å². The van der Waals surface area contributed by atoms with Crippen LogP contribution >= 0.6 is 23.2 Å². The van der Waals surface area contributed by atoms with Crippen molar-refractivity contribution in [2.45, 2.75) is 0 Å². The number of anilines is 1. The molecule has 0 saturated carbocycles. The van der Waals surface area contributed by atoms with Gasteiger partial charge in [-0.2, -0.15) is 5.26 Å². The molecule has 8 heteroatoms. The van der Waals surface area contributed by atoms with Gasteiger partial charge in [0.15, 0.2) is 6.61 Å². The highest BCUT2D eigenvalue weighted by Crippen LogP contribution is 2.20. The van der Waals surface area contributed by atoms with Crippen LogP contribution < -0.4 is 5.32 Å². The van der Waals surface area contributed by atoms with Gasteiger partial charge in [-0.3, -0.25) is 4.79 Å². The third kappa shape index (κ3) is 4.68. The number of aromatic nitrogens is 1. The van der Waals surface area contributed by atoms with Crippen LogP contribution in [0.25, 0.3) is 0 Å². The molecule has 0 aliphatic carbocycles. The van der Waals surface area contributed by atoms with E-state index in [1.807, 2.05) is 6.07 Å². The number of carbonyl (C=O) groups is 2. The summed E-state index contributed by atoms with van der Waals surface area (Å²) in [6.07, 6.45) is 1.25. The average Bonchev–Trinajstić information content (AvgIpc) is 2.53. The third-order valence-corrected chi connectivity index (χ3v) is 3.21. The van der Waals surface area contributed by atoms with Crippen LogP contribution in [-0.4, -0.2) is 23.5 Å². The predicted molar refractivity (Wildman–Crippen MR) is 84.3 cm³/mol. The van der Waals surface area contributed by atoms with Crippen molar-refractivity contribution in [3.8, 4) is 6.07 Å². The van der Waals surface area contributed by atoms with Crippen LogP contribution in [0.1, 0.15) is 15.9 Å². The zero-order chi connectivity index (χ0) is 16.8. The molecule has 0 saturated heterocycles. The molecule has 6 nitrogen and oxygen atoms in total. The smallest absolute Gasteiger partial charge is 0.340 e. The van der Waals surface area contributed by atoms with Crippen LogP contribution in [0.3, 0.4) is 0 Å². The van der Waals surface area contributed by atoms with Gasteiger partial charge < -0.3 is 10.1 Å². The van der Waals surface area contributed by atoms with Gasteiger partial charge in [0.25, 0.3) is 5.91 Å². The van der Waals surface area contributed by atoms with Crippen molar-refractivity contribution in [2.24, 2.45) is 0 Å². The second-order valence-electron chi connectivity index (χ2n) is 4.30. The Balaban J connectivity index is 1.90. The van der Waals surface area contributed by atoms with Crippen LogP contribution in [0, 0.1) is 11.3 Å². The van der Waals surface area contributed by atoms with E-state index >= 15 is 0 Å². The van der Waals surface area contributed by atoms with Crippen LogP contribution in [0.15, 0.2) is 36.5 Å². The number of nitrogens with zero attached hydrogens (tertiary/aromatic N) is 2. The standard InChI is InChI=1S/C15H9Cl2N3O3/c16-12-5-11(3-1-9(12)6-18)20-14(21)8-23-15(22)10-2-4-13(17)19-7-10/h1-5,7H,8H2,(H,20,21). The minimum Gasteiger partial charge on any atom is -0.452 e. The molecule has 1 aromatic heterocycles.